The lowest BCUT2D eigenvalue weighted by Gasteiger charge is -2.19. The Bertz CT molecular complexity index is 849. The fourth-order valence-corrected chi connectivity index (χ4v) is 2.54. The molecule has 0 aliphatic carbocycles. The first kappa shape index (κ1) is 14.8. The summed E-state index contributed by atoms with van der Waals surface area (Å²) in [6.45, 7) is 6.23. The van der Waals surface area contributed by atoms with Crippen molar-refractivity contribution in [3.63, 3.8) is 0 Å². The molecule has 0 spiro atoms. The Morgan fingerprint density at radius 3 is 2.77 bits per heavy atom. The quantitative estimate of drug-likeness (QED) is 0.681. The van der Waals surface area contributed by atoms with Gasteiger partial charge in [-0.15, -0.1) is 0 Å². The van der Waals surface area contributed by atoms with Crippen LogP contribution in [0.5, 0.6) is 0 Å². The number of hydrogen-bond acceptors (Lipinski definition) is 3. The Morgan fingerprint density at radius 1 is 1.36 bits per heavy atom. The predicted molar refractivity (Wildman–Crippen MR) is 86.4 cm³/mol. The topological polar surface area (TPSA) is 83.4 Å². The molecule has 116 valence electrons. The van der Waals surface area contributed by atoms with Crippen molar-refractivity contribution >= 4 is 28.3 Å². The number of nitrogen functional groups attached to an aromatic ring is 1. The van der Waals surface area contributed by atoms with Gasteiger partial charge in [0.25, 0.3) is 0 Å². The molecule has 0 amide bonds. The third kappa shape index (κ3) is 2.23. The van der Waals surface area contributed by atoms with E-state index in [-0.39, 0.29) is 16.6 Å². The zero-order valence-corrected chi connectivity index (χ0v) is 13.3. The number of benzene rings is 1. The van der Waals surface area contributed by atoms with E-state index in [1.165, 1.54) is 6.07 Å². The Hall–Kier alpha value is -2.08. The second kappa shape index (κ2) is 4.98. The van der Waals surface area contributed by atoms with Crippen LogP contribution in [0, 0.1) is 5.82 Å². The highest BCUT2D eigenvalue weighted by Crippen LogP contribution is 2.34. The Kier molecular flexibility index (Phi) is 3.36. The fraction of sp³-hybridized carbons (Fsp3) is 0.333. The van der Waals surface area contributed by atoms with Crippen LogP contribution in [0.15, 0.2) is 12.1 Å². The molecule has 0 radical (unpaired) electrons. The van der Waals surface area contributed by atoms with Gasteiger partial charge in [0, 0.05) is 11.0 Å². The van der Waals surface area contributed by atoms with E-state index >= 15 is 0 Å². The number of nitrogens with two attached hydrogens (primary N) is 1. The highest BCUT2D eigenvalue weighted by Gasteiger charge is 2.24. The van der Waals surface area contributed by atoms with E-state index in [0.29, 0.717) is 21.9 Å². The molecule has 3 rings (SSSR count). The van der Waals surface area contributed by atoms with Crippen LogP contribution in [0.1, 0.15) is 33.0 Å². The molecule has 0 saturated carbocycles. The Labute approximate surface area is 132 Å². The lowest BCUT2D eigenvalue weighted by molar-refractivity contribution is 0.478. The number of H-pyrrole nitrogens is 2. The molecule has 0 fully saturated rings. The molecule has 0 aliphatic heterocycles. The van der Waals surface area contributed by atoms with Crippen LogP contribution in [0.4, 0.5) is 10.2 Å². The molecule has 2 heterocycles. The minimum atomic E-state index is -0.450. The van der Waals surface area contributed by atoms with Crippen LogP contribution in [0.25, 0.3) is 22.2 Å². The van der Waals surface area contributed by atoms with Crippen molar-refractivity contribution in [2.45, 2.75) is 32.6 Å². The minimum absolute atomic E-state index is 0.136. The van der Waals surface area contributed by atoms with Gasteiger partial charge in [-0.3, -0.25) is 5.10 Å². The first-order valence-corrected chi connectivity index (χ1v) is 7.40. The molecule has 1 aromatic carbocycles. The number of imidazole rings is 1. The summed E-state index contributed by atoms with van der Waals surface area (Å²) in [6.07, 6.45) is 0.904. The summed E-state index contributed by atoms with van der Waals surface area (Å²) < 4.78 is 14.2. The first-order chi connectivity index (χ1) is 10.3. The normalized spacial score (nSPS) is 12.2. The van der Waals surface area contributed by atoms with Crippen LogP contribution < -0.4 is 5.73 Å². The van der Waals surface area contributed by atoms with Crippen molar-refractivity contribution < 1.29 is 4.39 Å². The van der Waals surface area contributed by atoms with Gasteiger partial charge in [0.05, 0.1) is 10.9 Å². The average Bonchev–Trinajstić information content (AvgIpc) is 3.03. The van der Waals surface area contributed by atoms with E-state index in [9.17, 15) is 4.39 Å². The van der Waals surface area contributed by atoms with Crippen molar-refractivity contribution in [1.29, 1.82) is 0 Å². The zero-order valence-electron chi connectivity index (χ0n) is 12.6. The standard InChI is InChI=1S/C15H17ClFN5/c1-4-15(2,3)14-19-11(12(16)20-14)7-5-8(17)10-9(6-7)21-22-13(10)18/h5-6H,4H2,1-3H3,(H,19,20)(H3,18,21,22). The number of halogens is 2. The molecular weight excluding hydrogens is 305 g/mol. The summed E-state index contributed by atoms with van der Waals surface area (Å²) in [5, 5.41) is 7.21. The number of fused-ring (bicyclic) bond motifs is 1. The fourth-order valence-electron chi connectivity index (χ4n) is 2.30. The second-order valence-corrected chi connectivity index (χ2v) is 6.35. The van der Waals surface area contributed by atoms with Gasteiger partial charge < -0.3 is 10.7 Å². The molecule has 22 heavy (non-hydrogen) atoms. The third-order valence-electron chi connectivity index (χ3n) is 4.10. The molecule has 3 aromatic rings. The highest BCUT2D eigenvalue weighted by atomic mass is 35.5. The number of nitrogens with zero attached hydrogens (tertiary/aromatic N) is 2. The maximum absolute atomic E-state index is 14.2. The van der Waals surface area contributed by atoms with Gasteiger partial charge in [-0.1, -0.05) is 32.4 Å². The predicted octanol–water partition coefficient (Wildman–Crippen LogP) is 4.02. The van der Waals surface area contributed by atoms with E-state index in [4.69, 9.17) is 17.3 Å². The van der Waals surface area contributed by atoms with Crippen molar-refractivity contribution in [2.75, 3.05) is 5.73 Å². The maximum atomic E-state index is 14.2. The smallest absolute Gasteiger partial charge is 0.156 e. The van der Waals surface area contributed by atoms with Gasteiger partial charge in [0.1, 0.15) is 22.5 Å². The van der Waals surface area contributed by atoms with Crippen LogP contribution in [-0.2, 0) is 5.41 Å². The van der Waals surface area contributed by atoms with Crippen LogP contribution in [0.3, 0.4) is 0 Å². The third-order valence-corrected chi connectivity index (χ3v) is 4.37. The van der Waals surface area contributed by atoms with Gasteiger partial charge in [0.2, 0.25) is 0 Å². The summed E-state index contributed by atoms with van der Waals surface area (Å²) in [7, 11) is 0. The van der Waals surface area contributed by atoms with Gasteiger partial charge in [-0.2, -0.15) is 5.10 Å². The second-order valence-electron chi connectivity index (χ2n) is 5.97. The summed E-state index contributed by atoms with van der Waals surface area (Å²) >= 11 is 6.26. The van der Waals surface area contributed by atoms with E-state index in [1.54, 1.807) is 6.07 Å². The molecule has 0 saturated heterocycles. The zero-order chi connectivity index (χ0) is 16.1. The number of rotatable bonds is 3. The molecule has 2 aromatic heterocycles. The molecule has 0 atom stereocenters. The maximum Gasteiger partial charge on any atom is 0.156 e. The van der Waals surface area contributed by atoms with E-state index in [1.807, 2.05) is 0 Å². The molecule has 4 N–H and O–H groups in total. The highest BCUT2D eigenvalue weighted by molar-refractivity contribution is 6.32. The van der Waals surface area contributed by atoms with Crippen LogP contribution in [-0.4, -0.2) is 20.2 Å². The van der Waals surface area contributed by atoms with E-state index in [0.717, 1.165) is 12.2 Å². The molecule has 7 heteroatoms. The lowest BCUT2D eigenvalue weighted by Crippen LogP contribution is -2.17. The van der Waals surface area contributed by atoms with Gasteiger partial charge in [-0.05, 0) is 18.6 Å². The van der Waals surface area contributed by atoms with Crippen molar-refractivity contribution in [3.8, 4) is 11.3 Å². The number of anilines is 1. The summed E-state index contributed by atoms with van der Waals surface area (Å²) in [4.78, 5) is 7.65. The summed E-state index contributed by atoms with van der Waals surface area (Å²) in [5.41, 5.74) is 7.12. The number of aromatic amines is 2. The monoisotopic (exact) mass is 321 g/mol. The Balaban J connectivity index is 2.16. The van der Waals surface area contributed by atoms with Gasteiger partial charge in [0.15, 0.2) is 5.82 Å². The van der Waals surface area contributed by atoms with Crippen molar-refractivity contribution in [3.05, 3.63) is 28.9 Å². The number of aromatic nitrogens is 4. The first-order valence-electron chi connectivity index (χ1n) is 7.03. The van der Waals surface area contributed by atoms with Crippen LogP contribution >= 0.6 is 11.6 Å². The molecule has 0 aliphatic rings. The largest absolute Gasteiger partial charge is 0.382 e. The summed E-state index contributed by atoms with van der Waals surface area (Å²) in [6, 6.07) is 3.12. The SMILES string of the molecule is CCC(C)(C)c1nc(-c2cc(F)c3c(N)n[nH]c3c2)c(Cl)[nH]1. The molecule has 0 bridgehead atoms. The van der Waals surface area contributed by atoms with Gasteiger partial charge >= 0.3 is 0 Å². The van der Waals surface area contributed by atoms with E-state index in [2.05, 4.69) is 40.9 Å². The van der Waals surface area contributed by atoms with E-state index < -0.39 is 5.82 Å². The van der Waals surface area contributed by atoms with Crippen molar-refractivity contribution in [1.82, 2.24) is 20.2 Å². The average molecular weight is 322 g/mol. The summed E-state index contributed by atoms with van der Waals surface area (Å²) in [5.74, 6) is 0.466. The van der Waals surface area contributed by atoms with Gasteiger partial charge in [-0.25, -0.2) is 9.37 Å². The number of nitrogens with one attached hydrogen (secondary N) is 2. The van der Waals surface area contributed by atoms with Crippen molar-refractivity contribution in [2.24, 2.45) is 0 Å². The Morgan fingerprint density at radius 2 is 2.09 bits per heavy atom. The molecular formula is C15H17ClFN5. The minimum Gasteiger partial charge on any atom is -0.382 e. The number of hydrogen-bond donors (Lipinski definition) is 3. The van der Waals surface area contributed by atoms with Crippen LogP contribution in [0.2, 0.25) is 5.15 Å². The molecule has 0 unspecified atom stereocenters. The lowest BCUT2D eigenvalue weighted by atomic mass is 9.89. The molecule has 5 nitrogen and oxygen atoms in total.